The van der Waals surface area contributed by atoms with Gasteiger partial charge in [-0.1, -0.05) is 60.7 Å². The first-order valence-electron chi connectivity index (χ1n) is 12.2. The summed E-state index contributed by atoms with van der Waals surface area (Å²) in [6.45, 7) is 1.46. The van der Waals surface area contributed by atoms with Crippen molar-refractivity contribution in [3.05, 3.63) is 101 Å². The van der Waals surface area contributed by atoms with E-state index in [4.69, 9.17) is 0 Å². The normalized spacial score (nSPS) is 14.6. The Labute approximate surface area is 221 Å². The van der Waals surface area contributed by atoms with Crippen LogP contribution in [0.15, 0.2) is 83.8 Å². The second kappa shape index (κ2) is 11.6. The number of benzene rings is 3. The van der Waals surface area contributed by atoms with Crippen molar-refractivity contribution in [2.24, 2.45) is 0 Å². The summed E-state index contributed by atoms with van der Waals surface area (Å²) in [5.41, 5.74) is 1.05. The molecule has 198 valence electrons. The van der Waals surface area contributed by atoms with Gasteiger partial charge in [-0.25, -0.2) is 17.1 Å². The maximum Gasteiger partial charge on any atom is 0.269 e. The number of nitrogens with one attached hydrogen (secondary N) is 1. The second-order valence-electron chi connectivity index (χ2n) is 8.84. The number of carbonyl (C=O) groups excluding carboxylic acids is 3. The molecule has 0 fully saturated rings. The van der Waals surface area contributed by atoms with Crippen LogP contribution in [0.2, 0.25) is 0 Å². The minimum absolute atomic E-state index is 0.0486. The monoisotopic (exact) mass is 537 g/mol. The second-order valence-corrected chi connectivity index (χ2v) is 10.7. The van der Waals surface area contributed by atoms with Crippen LogP contribution in [0.4, 0.5) is 4.39 Å². The maximum atomic E-state index is 14.6. The highest BCUT2D eigenvalue weighted by Crippen LogP contribution is 2.30. The highest BCUT2D eigenvalue weighted by molar-refractivity contribution is 7.90. The number of hydrogen-bond acceptors (Lipinski definition) is 5. The van der Waals surface area contributed by atoms with Crippen molar-refractivity contribution in [1.29, 1.82) is 0 Å². The largest absolute Gasteiger partial charge is 0.355 e. The fourth-order valence-corrected chi connectivity index (χ4v) is 6.02. The van der Waals surface area contributed by atoms with Crippen LogP contribution in [0.5, 0.6) is 0 Å². The van der Waals surface area contributed by atoms with Gasteiger partial charge in [0, 0.05) is 38.0 Å². The highest BCUT2D eigenvalue weighted by Gasteiger charge is 2.41. The van der Waals surface area contributed by atoms with Crippen LogP contribution in [0.25, 0.3) is 0 Å². The van der Waals surface area contributed by atoms with Crippen molar-refractivity contribution in [1.82, 2.24) is 14.5 Å². The lowest BCUT2D eigenvalue weighted by molar-refractivity contribution is -0.141. The molecule has 10 heteroatoms. The standard InChI is InChI=1S/C28H28FN3O5S/c1-2-30-27(34)24(18-20-10-4-3-5-11-20)31(19-21-12-6-8-14-23(21)29)26(33)16-17-32-28(35)22-13-7-9-15-25(22)38(32,36)37/h3-15,24H,2,16-19H2,1H3,(H,30,34)/t24-/m0/s1. The Morgan fingerprint density at radius 1 is 0.974 bits per heavy atom. The molecule has 3 aromatic rings. The number of likely N-dealkylation sites (N-methyl/N-ethyl adjacent to an activating group) is 1. The van der Waals surface area contributed by atoms with E-state index in [9.17, 15) is 27.2 Å². The topological polar surface area (TPSA) is 104 Å². The van der Waals surface area contributed by atoms with Crippen LogP contribution in [0, 0.1) is 5.82 Å². The zero-order valence-corrected chi connectivity index (χ0v) is 21.7. The summed E-state index contributed by atoms with van der Waals surface area (Å²) in [6.07, 6.45) is -0.211. The molecule has 1 atom stereocenters. The molecule has 0 saturated carbocycles. The van der Waals surface area contributed by atoms with Gasteiger partial charge in [-0.15, -0.1) is 0 Å². The first-order valence-corrected chi connectivity index (χ1v) is 13.7. The number of rotatable bonds is 10. The molecule has 1 aliphatic rings. The molecule has 1 heterocycles. The molecule has 1 aliphatic heterocycles. The van der Waals surface area contributed by atoms with Gasteiger partial charge in [-0.3, -0.25) is 14.4 Å². The summed E-state index contributed by atoms with van der Waals surface area (Å²) in [6, 6.07) is 19.9. The SMILES string of the molecule is CCNC(=O)[C@H](Cc1ccccc1)N(Cc1ccccc1F)C(=O)CCN1C(=O)c2ccccc2S1(=O)=O. The Balaban J connectivity index is 1.63. The Bertz CT molecular complexity index is 1450. The average Bonchev–Trinajstić information content (AvgIpc) is 3.11. The van der Waals surface area contributed by atoms with Crippen LogP contribution in [0.3, 0.4) is 0 Å². The Morgan fingerprint density at radius 3 is 2.32 bits per heavy atom. The quantitative estimate of drug-likeness (QED) is 0.428. The minimum Gasteiger partial charge on any atom is -0.355 e. The smallest absolute Gasteiger partial charge is 0.269 e. The summed E-state index contributed by atoms with van der Waals surface area (Å²) in [4.78, 5) is 40.8. The summed E-state index contributed by atoms with van der Waals surface area (Å²) in [5.74, 6) is -2.25. The molecule has 1 N–H and O–H groups in total. The van der Waals surface area contributed by atoms with Crippen LogP contribution in [0.1, 0.15) is 34.8 Å². The fraction of sp³-hybridized carbons (Fsp3) is 0.250. The van der Waals surface area contributed by atoms with Crippen LogP contribution in [-0.2, 0) is 32.6 Å². The van der Waals surface area contributed by atoms with Crippen LogP contribution in [-0.4, -0.2) is 54.5 Å². The molecule has 8 nitrogen and oxygen atoms in total. The number of halogens is 1. The lowest BCUT2D eigenvalue weighted by Crippen LogP contribution is -2.51. The zero-order chi connectivity index (χ0) is 27.3. The molecule has 0 spiro atoms. The van der Waals surface area contributed by atoms with Crippen molar-refractivity contribution < 1.29 is 27.2 Å². The van der Waals surface area contributed by atoms with Gasteiger partial charge in [-0.05, 0) is 30.7 Å². The van der Waals surface area contributed by atoms with E-state index in [-0.39, 0.29) is 35.4 Å². The summed E-state index contributed by atoms with van der Waals surface area (Å²) in [7, 11) is -4.10. The van der Waals surface area contributed by atoms with E-state index in [1.807, 2.05) is 30.3 Å². The summed E-state index contributed by atoms with van der Waals surface area (Å²) in [5, 5.41) is 2.74. The van der Waals surface area contributed by atoms with Crippen molar-refractivity contribution in [2.75, 3.05) is 13.1 Å². The van der Waals surface area contributed by atoms with E-state index in [1.54, 1.807) is 19.1 Å². The molecule has 4 rings (SSSR count). The van der Waals surface area contributed by atoms with Crippen molar-refractivity contribution in [3.8, 4) is 0 Å². The third kappa shape index (κ3) is 5.60. The van der Waals surface area contributed by atoms with Gasteiger partial charge >= 0.3 is 0 Å². The summed E-state index contributed by atoms with van der Waals surface area (Å²) < 4.78 is 41.2. The predicted molar refractivity (Wildman–Crippen MR) is 139 cm³/mol. The van der Waals surface area contributed by atoms with E-state index >= 15 is 0 Å². The molecular formula is C28H28FN3O5S. The Morgan fingerprint density at radius 2 is 1.63 bits per heavy atom. The molecule has 3 aromatic carbocycles. The van der Waals surface area contributed by atoms with Crippen LogP contribution < -0.4 is 5.32 Å². The first kappa shape index (κ1) is 27.0. The number of amides is 3. The van der Waals surface area contributed by atoms with Crippen molar-refractivity contribution >= 4 is 27.7 Å². The molecule has 0 bridgehead atoms. The zero-order valence-electron chi connectivity index (χ0n) is 20.8. The van der Waals surface area contributed by atoms with Crippen molar-refractivity contribution in [2.45, 2.75) is 37.2 Å². The van der Waals surface area contributed by atoms with E-state index in [2.05, 4.69) is 5.32 Å². The minimum atomic E-state index is -4.10. The third-order valence-electron chi connectivity index (χ3n) is 6.36. The third-order valence-corrected chi connectivity index (χ3v) is 8.20. The van der Waals surface area contributed by atoms with Gasteiger partial charge < -0.3 is 10.2 Å². The number of hydrogen-bond donors (Lipinski definition) is 1. The van der Waals surface area contributed by atoms with E-state index in [1.165, 1.54) is 41.3 Å². The van der Waals surface area contributed by atoms with Gasteiger partial charge in [0.1, 0.15) is 16.8 Å². The van der Waals surface area contributed by atoms with Gasteiger partial charge in [0.2, 0.25) is 11.8 Å². The summed E-state index contributed by atoms with van der Waals surface area (Å²) >= 11 is 0. The predicted octanol–water partition coefficient (Wildman–Crippen LogP) is 3.14. The van der Waals surface area contributed by atoms with Gasteiger partial charge in [0.05, 0.1) is 5.56 Å². The van der Waals surface area contributed by atoms with E-state index in [0.717, 1.165) is 5.56 Å². The lowest BCUT2D eigenvalue weighted by Gasteiger charge is -2.32. The molecule has 0 aromatic heterocycles. The first-order chi connectivity index (χ1) is 18.2. The lowest BCUT2D eigenvalue weighted by atomic mass is 10.0. The molecule has 38 heavy (non-hydrogen) atoms. The van der Waals surface area contributed by atoms with E-state index in [0.29, 0.717) is 10.8 Å². The Kier molecular flexibility index (Phi) is 8.21. The molecular weight excluding hydrogens is 509 g/mol. The maximum absolute atomic E-state index is 14.6. The highest BCUT2D eigenvalue weighted by atomic mass is 32.2. The molecule has 0 saturated heterocycles. The average molecular weight is 538 g/mol. The fourth-order valence-electron chi connectivity index (χ4n) is 4.45. The number of nitrogens with zero attached hydrogens (tertiary/aromatic N) is 2. The number of fused-ring (bicyclic) bond motifs is 1. The molecule has 0 unspecified atom stereocenters. The molecule has 3 amide bonds. The van der Waals surface area contributed by atoms with E-state index < -0.39 is 46.1 Å². The number of sulfonamides is 1. The van der Waals surface area contributed by atoms with Crippen molar-refractivity contribution in [3.63, 3.8) is 0 Å². The van der Waals surface area contributed by atoms with Crippen LogP contribution >= 0.6 is 0 Å². The Hall–Kier alpha value is -4.05. The molecule has 0 aliphatic carbocycles. The van der Waals surface area contributed by atoms with Gasteiger partial charge in [-0.2, -0.15) is 0 Å². The van der Waals surface area contributed by atoms with Gasteiger partial charge in [0.25, 0.3) is 15.9 Å². The number of carbonyl (C=O) groups is 3. The molecule has 0 radical (unpaired) electrons. The van der Waals surface area contributed by atoms with Gasteiger partial charge in [0.15, 0.2) is 0 Å².